The number of allylic oxidation sites excluding steroid dienone is 1. The van der Waals surface area contributed by atoms with Gasteiger partial charge in [-0.1, -0.05) is 55.8 Å². The third kappa shape index (κ3) is 4.95. The first-order valence-corrected chi connectivity index (χ1v) is 16.9. The van der Waals surface area contributed by atoms with Crippen molar-refractivity contribution in [3.8, 4) is 0 Å². The first kappa shape index (κ1) is 30.0. The summed E-state index contributed by atoms with van der Waals surface area (Å²) in [7, 11) is -1.89. The quantitative estimate of drug-likeness (QED) is 0.314. The van der Waals surface area contributed by atoms with Crippen LogP contribution in [0.25, 0.3) is 0 Å². The van der Waals surface area contributed by atoms with E-state index in [0.29, 0.717) is 11.8 Å². The van der Waals surface area contributed by atoms with Gasteiger partial charge in [0.2, 0.25) is 0 Å². The zero-order chi connectivity index (χ0) is 29.1. The Morgan fingerprint density at radius 2 is 1.88 bits per heavy atom. The summed E-state index contributed by atoms with van der Waals surface area (Å²) < 4.78 is 34.3. The molecule has 0 bridgehead atoms. The Labute approximate surface area is 242 Å². The number of aliphatic hydroxyl groups is 2. The van der Waals surface area contributed by atoms with E-state index < -0.39 is 26.8 Å². The van der Waals surface area contributed by atoms with Gasteiger partial charge in [0, 0.05) is 12.5 Å². The molecule has 4 fully saturated rings. The molecule has 0 spiro atoms. The lowest BCUT2D eigenvalue weighted by Crippen LogP contribution is -2.46. The van der Waals surface area contributed by atoms with Gasteiger partial charge in [0.25, 0.3) is 0 Å². The lowest BCUT2D eigenvalue weighted by molar-refractivity contribution is -0.0547. The van der Waals surface area contributed by atoms with Crippen LogP contribution in [0.5, 0.6) is 0 Å². The average molecular weight is 571 g/mol. The molecular formula is C34H50O5S. The van der Waals surface area contributed by atoms with E-state index in [2.05, 4.69) is 26.5 Å². The summed E-state index contributed by atoms with van der Waals surface area (Å²) in [4.78, 5) is 0.289. The Bertz CT molecular complexity index is 1230. The molecule has 0 aliphatic heterocycles. The second-order valence-corrected chi connectivity index (χ2v) is 16.4. The van der Waals surface area contributed by atoms with Crippen LogP contribution in [0.2, 0.25) is 0 Å². The Balaban J connectivity index is 1.45. The predicted octanol–water partition coefficient (Wildman–Crippen LogP) is 6.50. The molecule has 0 aromatic heterocycles. The van der Waals surface area contributed by atoms with Gasteiger partial charge < -0.3 is 14.9 Å². The monoisotopic (exact) mass is 570 g/mol. The fourth-order valence-corrected chi connectivity index (χ4v) is 11.3. The normalized spacial score (nSPS) is 36.1. The molecule has 0 saturated heterocycles. The van der Waals surface area contributed by atoms with Crippen LogP contribution in [-0.4, -0.2) is 48.8 Å². The van der Waals surface area contributed by atoms with E-state index in [1.165, 1.54) is 24.0 Å². The molecule has 6 heteroatoms. The number of hydrogen-bond acceptors (Lipinski definition) is 5. The largest absolute Gasteiger partial charge is 0.390 e. The second-order valence-electron chi connectivity index (χ2n) is 14.2. The van der Waals surface area contributed by atoms with Crippen LogP contribution in [-0.2, 0) is 14.6 Å². The minimum absolute atomic E-state index is 0.0135. The van der Waals surface area contributed by atoms with Crippen LogP contribution in [0, 0.1) is 34.5 Å². The topological polar surface area (TPSA) is 83.8 Å². The van der Waals surface area contributed by atoms with Crippen LogP contribution in [0.4, 0.5) is 0 Å². The third-order valence-corrected chi connectivity index (χ3v) is 14.1. The van der Waals surface area contributed by atoms with E-state index in [1.807, 2.05) is 13.2 Å². The van der Waals surface area contributed by atoms with Gasteiger partial charge in [0.05, 0.1) is 28.0 Å². The second kappa shape index (κ2) is 10.7. The van der Waals surface area contributed by atoms with Crippen molar-refractivity contribution in [2.24, 2.45) is 34.5 Å². The molecule has 9 atom stereocenters. The highest BCUT2D eigenvalue weighted by atomic mass is 32.2. The number of hydrogen-bond donors (Lipinski definition) is 2. The Kier molecular flexibility index (Phi) is 8.00. The molecule has 1 aromatic carbocycles. The molecule has 222 valence electrons. The molecule has 5 nitrogen and oxygen atoms in total. The van der Waals surface area contributed by atoms with E-state index in [1.54, 1.807) is 38.1 Å². The summed E-state index contributed by atoms with van der Waals surface area (Å²) in [5.41, 5.74) is 1.58. The Morgan fingerprint density at radius 1 is 1.18 bits per heavy atom. The molecule has 0 heterocycles. The molecule has 4 aliphatic rings. The smallest absolute Gasteiger partial charge is 0.181 e. The summed E-state index contributed by atoms with van der Waals surface area (Å²) in [6.07, 6.45) is 10.2. The summed E-state index contributed by atoms with van der Waals surface area (Å²) in [6, 6.07) is 8.62. The van der Waals surface area contributed by atoms with E-state index >= 15 is 0 Å². The average Bonchev–Trinajstić information content (AvgIpc) is 3.41. The number of rotatable bonds is 10. The summed E-state index contributed by atoms with van der Waals surface area (Å²) >= 11 is 0. The molecule has 4 saturated carbocycles. The first-order valence-electron chi connectivity index (χ1n) is 15.4. The zero-order valence-electron chi connectivity index (χ0n) is 25.1. The lowest BCUT2D eigenvalue weighted by Gasteiger charge is -2.46. The van der Waals surface area contributed by atoms with Crippen molar-refractivity contribution in [2.75, 3.05) is 7.11 Å². The van der Waals surface area contributed by atoms with Gasteiger partial charge in [0.1, 0.15) is 0 Å². The van der Waals surface area contributed by atoms with Crippen molar-refractivity contribution in [1.29, 1.82) is 0 Å². The maximum atomic E-state index is 14.1. The number of benzene rings is 1. The van der Waals surface area contributed by atoms with E-state index in [9.17, 15) is 18.6 Å². The number of ether oxygens (including phenoxy) is 1. The van der Waals surface area contributed by atoms with Crippen LogP contribution < -0.4 is 0 Å². The first-order chi connectivity index (χ1) is 18.8. The van der Waals surface area contributed by atoms with Crippen LogP contribution in [0.3, 0.4) is 0 Å². The molecule has 5 rings (SSSR count). The van der Waals surface area contributed by atoms with Gasteiger partial charge in [-0.2, -0.15) is 0 Å². The fraction of sp³-hybridized carbons (Fsp3) is 0.706. The van der Waals surface area contributed by atoms with E-state index in [-0.39, 0.29) is 40.1 Å². The van der Waals surface area contributed by atoms with E-state index in [4.69, 9.17) is 4.74 Å². The molecule has 40 heavy (non-hydrogen) atoms. The number of fused-ring (bicyclic) bond motifs is 2. The standard InChI is InChI=1S/C34H50O5S/c1-22-14-15-25-21-34(22,25)31(39-6)19-24-11-10-18-33(5)27(16-17-28(24)33)23(2)29(20-30(35)32(3,4)36)40(37,38)26-12-8-7-9-13-26/h7-9,12-13,19,23,25,27-31,35-36H,1,10-11,14-18,20-21H2,2-6H3/b24-19+/t23-,25+,27+,28-,29-,30+,31-,33+,34-/m0/s1. The minimum atomic E-state index is -3.73. The SMILES string of the molecule is C=C1CC[C@@H]2C[C@]12[C@H](/C=C1\CCC[C@]2(C)[C@@H]([C@H](C)[C@H](C[C@@H](O)C(C)(C)O)S(=O)(=O)c3ccccc3)CC[C@@H]12)OC. The van der Waals surface area contributed by atoms with Gasteiger partial charge in [0.15, 0.2) is 9.84 Å². The molecule has 4 aliphatic carbocycles. The van der Waals surface area contributed by atoms with Crippen molar-refractivity contribution in [3.63, 3.8) is 0 Å². The van der Waals surface area contributed by atoms with E-state index in [0.717, 1.165) is 38.5 Å². The Morgan fingerprint density at radius 3 is 2.45 bits per heavy atom. The maximum Gasteiger partial charge on any atom is 0.181 e. The molecular weight excluding hydrogens is 520 g/mol. The van der Waals surface area contributed by atoms with Crippen molar-refractivity contribution in [1.82, 2.24) is 0 Å². The summed E-state index contributed by atoms with van der Waals surface area (Å²) in [5, 5.41) is 20.7. The number of aliphatic hydroxyl groups excluding tert-OH is 1. The van der Waals surface area contributed by atoms with Crippen LogP contribution in [0.15, 0.2) is 59.0 Å². The number of sulfone groups is 1. The molecule has 2 N–H and O–H groups in total. The highest BCUT2D eigenvalue weighted by Gasteiger charge is 2.63. The van der Waals surface area contributed by atoms with Gasteiger partial charge in [-0.25, -0.2) is 8.42 Å². The van der Waals surface area contributed by atoms with Crippen molar-refractivity contribution in [2.45, 2.75) is 113 Å². The molecule has 0 unspecified atom stereocenters. The predicted molar refractivity (Wildman–Crippen MR) is 159 cm³/mol. The van der Waals surface area contributed by atoms with Gasteiger partial charge >= 0.3 is 0 Å². The fourth-order valence-electron chi connectivity index (χ4n) is 9.21. The summed E-state index contributed by atoms with van der Waals surface area (Å²) in [5.74, 6) is 1.15. The third-order valence-electron chi connectivity index (χ3n) is 11.7. The van der Waals surface area contributed by atoms with Crippen LogP contribution >= 0.6 is 0 Å². The lowest BCUT2D eigenvalue weighted by atomic mass is 9.60. The minimum Gasteiger partial charge on any atom is -0.390 e. The van der Waals surface area contributed by atoms with Crippen molar-refractivity contribution in [3.05, 3.63) is 54.1 Å². The number of methoxy groups -OCH3 is 1. The highest BCUT2D eigenvalue weighted by molar-refractivity contribution is 7.92. The van der Waals surface area contributed by atoms with Crippen molar-refractivity contribution < 1.29 is 23.4 Å². The highest BCUT2D eigenvalue weighted by Crippen LogP contribution is 2.69. The van der Waals surface area contributed by atoms with Gasteiger partial charge in [-0.05, 0) is 113 Å². The van der Waals surface area contributed by atoms with Crippen molar-refractivity contribution >= 4 is 9.84 Å². The zero-order valence-corrected chi connectivity index (χ0v) is 25.9. The Hall–Kier alpha value is -1.47. The maximum absolute atomic E-state index is 14.1. The summed E-state index contributed by atoms with van der Waals surface area (Å²) in [6.45, 7) is 12.0. The van der Waals surface area contributed by atoms with Gasteiger partial charge in [-0.3, -0.25) is 0 Å². The molecule has 0 amide bonds. The molecule has 0 radical (unpaired) electrons. The van der Waals surface area contributed by atoms with Gasteiger partial charge in [-0.15, -0.1) is 0 Å². The molecule has 1 aromatic rings. The van der Waals surface area contributed by atoms with Crippen LogP contribution in [0.1, 0.15) is 85.5 Å².